The molecule has 11 heteroatoms. The predicted octanol–water partition coefficient (Wildman–Crippen LogP) is 5.66. The Morgan fingerprint density at radius 3 is 2.21 bits per heavy atom. The Bertz CT molecular complexity index is 1080. The van der Waals surface area contributed by atoms with Crippen molar-refractivity contribution in [2.75, 3.05) is 32.8 Å². The Kier molecular flexibility index (Phi) is 8.92. The van der Waals surface area contributed by atoms with Gasteiger partial charge in [0.1, 0.15) is 0 Å². The van der Waals surface area contributed by atoms with Crippen LogP contribution in [0.2, 0.25) is 0 Å². The van der Waals surface area contributed by atoms with Crippen LogP contribution in [0.1, 0.15) is 61.0 Å². The van der Waals surface area contributed by atoms with E-state index < -0.39 is 35.1 Å². The topological polar surface area (TPSA) is 53.6 Å². The highest BCUT2D eigenvalue weighted by Crippen LogP contribution is 2.39. The molecule has 0 aromatic heterocycles. The number of amides is 1. The Hall–Kier alpha value is -2.63. The summed E-state index contributed by atoms with van der Waals surface area (Å²) in [7, 11) is 0. The number of carbonyl (C=O) groups excluding carboxylic acids is 1. The van der Waals surface area contributed by atoms with E-state index in [4.69, 9.17) is 4.74 Å². The summed E-state index contributed by atoms with van der Waals surface area (Å²) in [5, 5.41) is 6.53. The molecule has 2 aliphatic rings. The minimum absolute atomic E-state index is 0.0181. The number of rotatable bonds is 8. The predicted molar refractivity (Wildman–Crippen MR) is 134 cm³/mol. The standard InChI is InChI=1S/C28H33F6N3O2/c1-19(20-13-22(27(29,30)31)15-23(14-20)28(32,33)34)39-18-26(21-7-3-2-4-8-21)10-9-24(16-35-26)36-25(38)17-37-11-5-6-12-37/h2-4,7-8,13-15,19,24,35H,5-6,9-12,16-18H2,1H3,(H,36,38)/t19-,24+,26?/m1/s1. The molecular weight excluding hydrogens is 524 g/mol. The fourth-order valence-corrected chi connectivity index (χ4v) is 5.26. The maximum absolute atomic E-state index is 13.3. The zero-order chi connectivity index (χ0) is 28.3. The molecule has 0 saturated carbocycles. The van der Waals surface area contributed by atoms with Gasteiger partial charge < -0.3 is 15.4 Å². The lowest BCUT2D eigenvalue weighted by molar-refractivity contribution is -0.143. The van der Waals surface area contributed by atoms with E-state index in [-0.39, 0.29) is 30.2 Å². The number of halogens is 6. The van der Waals surface area contributed by atoms with Crippen LogP contribution in [0.3, 0.4) is 0 Å². The van der Waals surface area contributed by atoms with Crippen molar-refractivity contribution < 1.29 is 35.9 Å². The summed E-state index contributed by atoms with van der Waals surface area (Å²) in [4.78, 5) is 14.6. The third-order valence-corrected chi connectivity index (χ3v) is 7.52. The Morgan fingerprint density at radius 2 is 1.67 bits per heavy atom. The number of nitrogens with one attached hydrogen (secondary N) is 2. The van der Waals surface area contributed by atoms with Crippen molar-refractivity contribution in [3.63, 3.8) is 0 Å². The summed E-state index contributed by atoms with van der Waals surface area (Å²) in [5.74, 6) is -0.0363. The van der Waals surface area contributed by atoms with Gasteiger partial charge in [-0.2, -0.15) is 26.3 Å². The molecule has 0 aliphatic carbocycles. The molecule has 2 heterocycles. The van der Waals surface area contributed by atoms with E-state index in [9.17, 15) is 31.1 Å². The number of alkyl halides is 6. The van der Waals surface area contributed by atoms with Crippen LogP contribution in [0.15, 0.2) is 48.5 Å². The van der Waals surface area contributed by atoms with Crippen molar-refractivity contribution in [3.8, 4) is 0 Å². The number of piperidine rings is 1. The van der Waals surface area contributed by atoms with Crippen LogP contribution in [0, 0.1) is 0 Å². The zero-order valence-corrected chi connectivity index (χ0v) is 21.7. The average molecular weight is 558 g/mol. The summed E-state index contributed by atoms with van der Waals surface area (Å²) in [6.45, 7) is 4.10. The molecule has 1 amide bonds. The van der Waals surface area contributed by atoms with E-state index in [1.54, 1.807) is 0 Å². The lowest BCUT2D eigenvalue weighted by atomic mass is 9.81. The quantitative estimate of drug-likeness (QED) is 0.412. The molecule has 2 fully saturated rings. The first-order chi connectivity index (χ1) is 18.4. The molecule has 0 radical (unpaired) electrons. The first-order valence-electron chi connectivity index (χ1n) is 13.1. The van der Waals surface area contributed by atoms with Crippen molar-refractivity contribution in [1.29, 1.82) is 0 Å². The number of hydrogen-bond donors (Lipinski definition) is 2. The van der Waals surface area contributed by atoms with Gasteiger partial charge in [-0.3, -0.25) is 9.69 Å². The largest absolute Gasteiger partial charge is 0.416 e. The summed E-state index contributed by atoms with van der Waals surface area (Å²) < 4.78 is 86.1. The second kappa shape index (κ2) is 11.9. The van der Waals surface area contributed by atoms with Gasteiger partial charge >= 0.3 is 12.4 Å². The third-order valence-electron chi connectivity index (χ3n) is 7.52. The van der Waals surface area contributed by atoms with Crippen LogP contribution in [0.5, 0.6) is 0 Å². The second-order valence-corrected chi connectivity index (χ2v) is 10.4. The van der Waals surface area contributed by atoms with Crippen molar-refractivity contribution in [1.82, 2.24) is 15.5 Å². The lowest BCUT2D eigenvalue weighted by Crippen LogP contribution is -2.57. The Labute approximate surface area is 223 Å². The van der Waals surface area contributed by atoms with Gasteiger partial charge in [0.05, 0.1) is 35.9 Å². The monoisotopic (exact) mass is 557 g/mol. The number of benzene rings is 2. The SMILES string of the molecule is C[C@@H](OCC1(c2ccccc2)CC[C@H](NC(=O)CN2CCCC2)CN1)c1cc(C(F)(F)F)cc(C(F)(F)F)c1. The molecule has 214 valence electrons. The van der Waals surface area contributed by atoms with Gasteiger partial charge in [0, 0.05) is 12.6 Å². The van der Waals surface area contributed by atoms with Crippen molar-refractivity contribution >= 4 is 5.91 Å². The molecule has 5 nitrogen and oxygen atoms in total. The van der Waals surface area contributed by atoms with E-state index in [2.05, 4.69) is 15.5 Å². The first kappa shape index (κ1) is 29.4. The van der Waals surface area contributed by atoms with Crippen molar-refractivity contribution in [3.05, 3.63) is 70.8 Å². The van der Waals surface area contributed by atoms with Crippen molar-refractivity contribution in [2.24, 2.45) is 0 Å². The van der Waals surface area contributed by atoms with Gasteiger partial charge in [0.15, 0.2) is 0 Å². The van der Waals surface area contributed by atoms with E-state index in [0.717, 1.165) is 31.5 Å². The van der Waals surface area contributed by atoms with Gasteiger partial charge in [-0.15, -0.1) is 0 Å². The first-order valence-corrected chi connectivity index (χ1v) is 13.1. The fraction of sp³-hybridized carbons (Fsp3) is 0.536. The van der Waals surface area contributed by atoms with Crippen LogP contribution in [0.25, 0.3) is 0 Å². The molecule has 1 unspecified atom stereocenters. The molecule has 2 saturated heterocycles. The van der Waals surface area contributed by atoms with Crippen LogP contribution in [0.4, 0.5) is 26.3 Å². The highest BCUT2D eigenvalue weighted by atomic mass is 19.4. The van der Waals surface area contributed by atoms with Gasteiger partial charge in [0.25, 0.3) is 0 Å². The maximum atomic E-state index is 13.3. The van der Waals surface area contributed by atoms with E-state index in [1.165, 1.54) is 6.92 Å². The van der Waals surface area contributed by atoms with Gasteiger partial charge in [-0.25, -0.2) is 0 Å². The second-order valence-electron chi connectivity index (χ2n) is 10.4. The zero-order valence-electron chi connectivity index (χ0n) is 21.7. The van der Waals surface area contributed by atoms with Gasteiger partial charge in [-0.1, -0.05) is 30.3 Å². The molecule has 4 rings (SSSR count). The molecule has 2 N–H and O–H groups in total. The number of nitrogens with zero attached hydrogens (tertiary/aromatic N) is 1. The van der Waals surface area contributed by atoms with E-state index in [1.807, 2.05) is 30.3 Å². The molecule has 3 atom stereocenters. The van der Waals surface area contributed by atoms with Crippen LogP contribution in [-0.4, -0.2) is 49.6 Å². The summed E-state index contributed by atoms with van der Waals surface area (Å²) in [5.41, 5.74) is -2.78. The number of ether oxygens (including phenoxy) is 1. The van der Waals surface area contributed by atoms with Crippen LogP contribution < -0.4 is 10.6 Å². The van der Waals surface area contributed by atoms with Crippen molar-refractivity contribution in [2.45, 2.75) is 62.6 Å². The summed E-state index contributed by atoms with van der Waals surface area (Å²) in [6.07, 6.45) is -7.53. The minimum atomic E-state index is -4.93. The lowest BCUT2D eigenvalue weighted by Gasteiger charge is -2.42. The minimum Gasteiger partial charge on any atom is -0.372 e. The third kappa shape index (κ3) is 7.52. The Morgan fingerprint density at radius 1 is 1.05 bits per heavy atom. The Balaban J connectivity index is 1.46. The molecule has 2 aromatic carbocycles. The summed E-state index contributed by atoms with van der Waals surface area (Å²) >= 11 is 0. The average Bonchev–Trinajstić information content (AvgIpc) is 3.40. The molecule has 2 aliphatic heterocycles. The highest BCUT2D eigenvalue weighted by Gasteiger charge is 2.40. The normalized spacial score (nSPS) is 23.5. The molecular formula is C28H33F6N3O2. The van der Waals surface area contributed by atoms with Crippen LogP contribution in [-0.2, 0) is 27.4 Å². The number of carbonyl (C=O) groups is 1. The molecule has 39 heavy (non-hydrogen) atoms. The fourth-order valence-electron chi connectivity index (χ4n) is 5.26. The summed E-state index contributed by atoms with van der Waals surface area (Å²) in [6, 6.07) is 10.8. The molecule has 2 aromatic rings. The van der Waals surface area contributed by atoms with Gasteiger partial charge in [-0.05, 0) is 75.0 Å². The number of hydrogen-bond acceptors (Lipinski definition) is 4. The molecule has 0 bridgehead atoms. The number of likely N-dealkylation sites (tertiary alicyclic amines) is 1. The molecule has 0 spiro atoms. The van der Waals surface area contributed by atoms with E-state index in [0.29, 0.717) is 38.1 Å². The highest BCUT2D eigenvalue weighted by molar-refractivity contribution is 5.78. The smallest absolute Gasteiger partial charge is 0.372 e. The van der Waals surface area contributed by atoms with Gasteiger partial charge in [0.2, 0.25) is 5.91 Å². The van der Waals surface area contributed by atoms with Crippen LogP contribution >= 0.6 is 0 Å². The van der Waals surface area contributed by atoms with E-state index >= 15 is 0 Å². The maximum Gasteiger partial charge on any atom is 0.416 e.